The highest BCUT2D eigenvalue weighted by Crippen LogP contribution is 2.31. The molecule has 4 rings (SSSR count). The van der Waals surface area contributed by atoms with Crippen molar-refractivity contribution in [2.45, 2.75) is 37.9 Å². The lowest BCUT2D eigenvalue weighted by Crippen LogP contribution is -2.37. The van der Waals surface area contributed by atoms with Gasteiger partial charge < -0.3 is 10.2 Å². The number of carbonyl (C=O) groups excluding carboxylic acids is 2. The van der Waals surface area contributed by atoms with E-state index in [2.05, 4.69) is 5.32 Å². The second kappa shape index (κ2) is 9.56. The fraction of sp³-hybridized carbons (Fsp3) is 0.231. The average Bonchev–Trinajstić information content (AvgIpc) is 3.64. The van der Waals surface area contributed by atoms with Gasteiger partial charge in [-0.1, -0.05) is 66.7 Å². The van der Waals surface area contributed by atoms with Crippen molar-refractivity contribution in [3.05, 3.63) is 107 Å². The molecule has 4 nitrogen and oxygen atoms in total. The summed E-state index contributed by atoms with van der Waals surface area (Å²) < 4.78 is 14.2. The summed E-state index contributed by atoms with van der Waals surface area (Å²) in [5.74, 6) is -0.625. The number of amides is 2. The number of hydrogen-bond donors (Lipinski definition) is 1. The van der Waals surface area contributed by atoms with Crippen LogP contribution in [0.5, 0.6) is 0 Å². The van der Waals surface area contributed by atoms with Crippen LogP contribution in [-0.2, 0) is 11.3 Å². The Balaban J connectivity index is 1.53. The molecule has 0 radical (unpaired) electrons. The molecule has 1 atom stereocenters. The van der Waals surface area contributed by atoms with Gasteiger partial charge >= 0.3 is 0 Å². The summed E-state index contributed by atoms with van der Waals surface area (Å²) in [7, 11) is 0. The Morgan fingerprint density at radius 1 is 0.903 bits per heavy atom. The normalized spacial score (nSPS) is 14.0. The number of carbonyl (C=O) groups is 2. The standard InChI is InChI=1S/C26H25FN2O2/c27-23-14-8-7-13-21(23)18-29(22-15-16-22)25(30)17-24(19-9-3-1-4-10-19)28-26(31)20-11-5-2-6-12-20/h1-14,22,24H,15-18H2,(H,28,31)/t24-/m1/s1. The molecular weight excluding hydrogens is 391 g/mol. The predicted octanol–water partition coefficient (Wildman–Crippen LogP) is 4.88. The van der Waals surface area contributed by atoms with Crippen LogP contribution in [0, 0.1) is 5.82 Å². The van der Waals surface area contributed by atoms with Gasteiger partial charge in [0.1, 0.15) is 5.82 Å². The second-order valence-corrected chi connectivity index (χ2v) is 7.85. The van der Waals surface area contributed by atoms with Crippen LogP contribution in [0.4, 0.5) is 4.39 Å². The van der Waals surface area contributed by atoms with Crippen LogP contribution in [0.1, 0.15) is 46.8 Å². The first-order valence-corrected chi connectivity index (χ1v) is 10.6. The molecule has 0 spiro atoms. The molecule has 0 bridgehead atoms. The third-order valence-corrected chi connectivity index (χ3v) is 5.53. The summed E-state index contributed by atoms with van der Waals surface area (Å²) in [4.78, 5) is 27.8. The molecular formula is C26H25FN2O2. The highest BCUT2D eigenvalue weighted by atomic mass is 19.1. The van der Waals surface area contributed by atoms with E-state index in [1.165, 1.54) is 6.07 Å². The van der Waals surface area contributed by atoms with Gasteiger partial charge in [0.15, 0.2) is 0 Å². The number of rotatable bonds is 8. The summed E-state index contributed by atoms with van der Waals surface area (Å²) in [5, 5.41) is 3.01. The van der Waals surface area contributed by atoms with E-state index in [0.29, 0.717) is 11.1 Å². The Morgan fingerprint density at radius 2 is 1.52 bits per heavy atom. The van der Waals surface area contributed by atoms with Crippen molar-refractivity contribution in [3.8, 4) is 0 Å². The van der Waals surface area contributed by atoms with Gasteiger partial charge in [0.2, 0.25) is 5.91 Å². The van der Waals surface area contributed by atoms with Crippen LogP contribution in [0.25, 0.3) is 0 Å². The van der Waals surface area contributed by atoms with E-state index in [0.717, 1.165) is 18.4 Å². The third kappa shape index (κ3) is 5.37. The maximum absolute atomic E-state index is 14.2. The molecule has 2 amide bonds. The Morgan fingerprint density at radius 3 is 2.16 bits per heavy atom. The smallest absolute Gasteiger partial charge is 0.251 e. The van der Waals surface area contributed by atoms with E-state index < -0.39 is 6.04 Å². The monoisotopic (exact) mass is 416 g/mol. The molecule has 1 fully saturated rings. The first-order chi connectivity index (χ1) is 15.1. The van der Waals surface area contributed by atoms with Gasteiger partial charge in [0.05, 0.1) is 12.5 Å². The number of nitrogens with one attached hydrogen (secondary N) is 1. The molecule has 31 heavy (non-hydrogen) atoms. The molecule has 0 aliphatic heterocycles. The molecule has 5 heteroatoms. The van der Waals surface area contributed by atoms with E-state index >= 15 is 0 Å². The van der Waals surface area contributed by atoms with Crippen LogP contribution in [0.3, 0.4) is 0 Å². The van der Waals surface area contributed by atoms with Gasteiger partial charge in [0, 0.05) is 23.7 Å². The van der Waals surface area contributed by atoms with Crippen molar-refractivity contribution < 1.29 is 14.0 Å². The van der Waals surface area contributed by atoms with Gasteiger partial charge in [-0.3, -0.25) is 9.59 Å². The highest BCUT2D eigenvalue weighted by molar-refractivity contribution is 5.94. The molecule has 1 aliphatic carbocycles. The van der Waals surface area contributed by atoms with Crippen LogP contribution in [-0.4, -0.2) is 22.8 Å². The Kier molecular flexibility index (Phi) is 6.41. The molecule has 0 aromatic heterocycles. The molecule has 1 N–H and O–H groups in total. The third-order valence-electron chi connectivity index (χ3n) is 5.53. The maximum atomic E-state index is 14.2. The second-order valence-electron chi connectivity index (χ2n) is 7.85. The van der Waals surface area contributed by atoms with Crippen molar-refractivity contribution >= 4 is 11.8 Å². The number of nitrogens with zero attached hydrogens (tertiary/aromatic N) is 1. The molecule has 158 valence electrons. The first-order valence-electron chi connectivity index (χ1n) is 10.6. The maximum Gasteiger partial charge on any atom is 0.251 e. The zero-order valence-electron chi connectivity index (χ0n) is 17.2. The minimum atomic E-state index is -0.469. The lowest BCUT2D eigenvalue weighted by atomic mass is 10.0. The van der Waals surface area contributed by atoms with Crippen LogP contribution >= 0.6 is 0 Å². The SMILES string of the molecule is O=C(N[C@H](CC(=O)N(Cc1ccccc1F)C1CC1)c1ccccc1)c1ccccc1. The van der Waals surface area contributed by atoms with Gasteiger partial charge in [0.25, 0.3) is 5.91 Å². The number of halogens is 1. The van der Waals surface area contributed by atoms with E-state index in [-0.39, 0.29) is 36.6 Å². The van der Waals surface area contributed by atoms with Gasteiger partial charge in [-0.2, -0.15) is 0 Å². The Labute approximate surface area is 181 Å². The minimum absolute atomic E-state index is 0.0898. The lowest BCUT2D eigenvalue weighted by Gasteiger charge is -2.26. The van der Waals surface area contributed by atoms with Gasteiger partial charge in [-0.05, 0) is 36.6 Å². The molecule has 3 aromatic carbocycles. The fourth-order valence-electron chi connectivity index (χ4n) is 3.68. The molecule has 0 heterocycles. The van der Waals surface area contributed by atoms with Gasteiger partial charge in [-0.15, -0.1) is 0 Å². The topological polar surface area (TPSA) is 49.4 Å². The Bertz CT molecular complexity index is 1040. The van der Waals surface area contributed by atoms with Crippen LogP contribution in [0.15, 0.2) is 84.9 Å². The van der Waals surface area contributed by atoms with Crippen molar-refractivity contribution in [2.24, 2.45) is 0 Å². The van der Waals surface area contributed by atoms with E-state index in [9.17, 15) is 14.0 Å². The highest BCUT2D eigenvalue weighted by Gasteiger charge is 2.34. The van der Waals surface area contributed by atoms with Crippen molar-refractivity contribution in [1.29, 1.82) is 0 Å². The minimum Gasteiger partial charge on any atom is -0.345 e. The Hall–Kier alpha value is -3.47. The summed E-state index contributed by atoms with van der Waals surface area (Å²) in [6.45, 7) is 0.240. The van der Waals surface area contributed by atoms with Crippen molar-refractivity contribution in [3.63, 3.8) is 0 Å². The average molecular weight is 416 g/mol. The predicted molar refractivity (Wildman–Crippen MR) is 118 cm³/mol. The van der Waals surface area contributed by atoms with Crippen LogP contribution < -0.4 is 5.32 Å². The molecule has 1 aliphatic rings. The van der Waals surface area contributed by atoms with Gasteiger partial charge in [-0.25, -0.2) is 4.39 Å². The van der Waals surface area contributed by atoms with E-state index in [1.807, 2.05) is 36.4 Å². The first kappa shape index (κ1) is 20.8. The van der Waals surface area contributed by atoms with Crippen molar-refractivity contribution in [1.82, 2.24) is 10.2 Å². The largest absolute Gasteiger partial charge is 0.345 e. The fourth-order valence-corrected chi connectivity index (χ4v) is 3.68. The molecule has 3 aromatic rings. The summed E-state index contributed by atoms with van der Waals surface area (Å²) in [6, 6.07) is 24.7. The summed E-state index contributed by atoms with van der Waals surface area (Å²) >= 11 is 0. The lowest BCUT2D eigenvalue weighted by molar-refractivity contribution is -0.133. The quantitative estimate of drug-likeness (QED) is 0.569. The summed E-state index contributed by atoms with van der Waals surface area (Å²) in [6.07, 6.45) is 1.96. The number of hydrogen-bond acceptors (Lipinski definition) is 2. The molecule has 0 unspecified atom stereocenters. The molecule has 1 saturated carbocycles. The zero-order chi connectivity index (χ0) is 21.6. The zero-order valence-corrected chi connectivity index (χ0v) is 17.2. The molecule has 0 saturated heterocycles. The van der Waals surface area contributed by atoms with Crippen LogP contribution in [0.2, 0.25) is 0 Å². The van der Waals surface area contributed by atoms with E-state index in [1.54, 1.807) is 47.4 Å². The van der Waals surface area contributed by atoms with E-state index in [4.69, 9.17) is 0 Å². The van der Waals surface area contributed by atoms with Crippen molar-refractivity contribution in [2.75, 3.05) is 0 Å². The number of benzene rings is 3. The summed E-state index contributed by atoms with van der Waals surface area (Å²) in [5.41, 5.74) is 1.91.